The van der Waals surface area contributed by atoms with Crippen LogP contribution in [0.2, 0.25) is 0 Å². The first-order valence-corrected chi connectivity index (χ1v) is 6.76. The molecule has 0 unspecified atom stereocenters. The second-order valence-electron chi connectivity index (χ2n) is 4.99. The Morgan fingerprint density at radius 1 is 1.05 bits per heavy atom. The van der Waals surface area contributed by atoms with Crippen LogP contribution >= 0.6 is 0 Å². The molecule has 2 aromatic rings. The quantitative estimate of drug-likeness (QED) is 0.638. The van der Waals surface area contributed by atoms with Gasteiger partial charge in [-0.2, -0.15) is 0 Å². The van der Waals surface area contributed by atoms with Crippen LogP contribution in [0.25, 0.3) is 10.8 Å². The maximum Gasteiger partial charge on any atom is 0.254 e. The van der Waals surface area contributed by atoms with Gasteiger partial charge in [0.05, 0.1) is 5.71 Å². The summed E-state index contributed by atoms with van der Waals surface area (Å²) in [5, 5.41) is 14.1. The van der Waals surface area contributed by atoms with E-state index in [9.17, 15) is 4.79 Å². The Bertz CT molecular complexity index is 664. The number of hydrogen-bond acceptors (Lipinski definition) is 3. The minimum Gasteiger partial charge on any atom is -0.411 e. The molecule has 0 bridgehead atoms. The number of rotatable bonds is 1. The molecule has 20 heavy (non-hydrogen) atoms. The fraction of sp³-hybridized carbons (Fsp3) is 0.250. The number of carbonyl (C=O) groups excluding carboxylic acids is 1. The molecule has 1 fully saturated rings. The third-order valence-corrected chi connectivity index (χ3v) is 3.79. The zero-order chi connectivity index (χ0) is 13.9. The van der Waals surface area contributed by atoms with E-state index in [0.29, 0.717) is 25.9 Å². The van der Waals surface area contributed by atoms with Crippen molar-refractivity contribution in [2.24, 2.45) is 5.16 Å². The van der Waals surface area contributed by atoms with Crippen molar-refractivity contribution in [3.8, 4) is 0 Å². The van der Waals surface area contributed by atoms with Gasteiger partial charge in [0.25, 0.3) is 5.91 Å². The summed E-state index contributed by atoms with van der Waals surface area (Å²) in [6.45, 7) is 1.23. The fourth-order valence-electron chi connectivity index (χ4n) is 2.65. The third kappa shape index (κ3) is 2.25. The van der Waals surface area contributed by atoms with Gasteiger partial charge >= 0.3 is 0 Å². The number of benzene rings is 2. The molecule has 1 heterocycles. The Hall–Kier alpha value is -2.36. The lowest BCUT2D eigenvalue weighted by molar-refractivity contribution is 0.0755. The molecule has 1 N–H and O–H groups in total. The van der Waals surface area contributed by atoms with Crippen LogP contribution in [0, 0.1) is 0 Å². The predicted octanol–water partition coefficient (Wildman–Crippen LogP) is 2.91. The molecule has 0 aromatic heterocycles. The minimum atomic E-state index is 0.0544. The number of fused-ring (bicyclic) bond motifs is 1. The molecular formula is C16H16N2O2. The molecule has 1 aliphatic rings. The summed E-state index contributed by atoms with van der Waals surface area (Å²) in [5.41, 5.74) is 1.51. The lowest BCUT2D eigenvalue weighted by Crippen LogP contribution is -2.38. The van der Waals surface area contributed by atoms with Crippen LogP contribution in [0.4, 0.5) is 0 Å². The van der Waals surface area contributed by atoms with Crippen LogP contribution in [-0.2, 0) is 0 Å². The summed E-state index contributed by atoms with van der Waals surface area (Å²) in [5.74, 6) is 0.0544. The van der Waals surface area contributed by atoms with Crippen LogP contribution in [0.5, 0.6) is 0 Å². The van der Waals surface area contributed by atoms with Gasteiger partial charge in [-0.25, -0.2) is 0 Å². The summed E-state index contributed by atoms with van der Waals surface area (Å²) in [6, 6.07) is 13.7. The molecular weight excluding hydrogens is 252 g/mol. The van der Waals surface area contributed by atoms with Gasteiger partial charge in [-0.3, -0.25) is 4.79 Å². The first kappa shape index (κ1) is 12.7. The van der Waals surface area contributed by atoms with E-state index in [0.717, 1.165) is 22.0 Å². The number of nitrogens with zero attached hydrogens (tertiary/aromatic N) is 2. The van der Waals surface area contributed by atoms with Crippen molar-refractivity contribution < 1.29 is 10.0 Å². The average molecular weight is 268 g/mol. The summed E-state index contributed by atoms with van der Waals surface area (Å²) in [6.07, 6.45) is 1.29. The summed E-state index contributed by atoms with van der Waals surface area (Å²) >= 11 is 0. The number of amides is 1. The molecule has 1 saturated heterocycles. The highest BCUT2D eigenvalue weighted by Crippen LogP contribution is 2.21. The Kier molecular flexibility index (Phi) is 3.37. The minimum absolute atomic E-state index is 0.0544. The van der Waals surface area contributed by atoms with Crippen molar-refractivity contribution in [3.63, 3.8) is 0 Å². The van der Waals surface area contributed by atoms with Gasteiger partial charge in [-0.15, -0.1) is 0 Å². The van der Waals surface area contributed by atoms with E-state index in [1.807, 2.05) is 47.4 Å². The van der Waals surface area contributed by atoms with Crippen LogP contribution < -0.4 is 0 Å². The summed E-state index contributed by atoms with van der Waals surface area (Å²) < 4.78 is 0. The van der Waals surface area contributed by atoms with Crippen molar-refractivity contribution in [1.29, 1.82) is 0 Å². The van der Waals surface area contributed by atoms with Gasteiger partial charge in [-0.05, 0) is 16.8 Å². The van der Waals surface area contributed by atoms with E-state index in [-0.39, 0.29) is 5.91 Å². The molecule has 2 aromatic carbocycles. The maximum absolute atomic E-state index is 12.6. The molecule has 0 saturated carbocycles. The zero-order valence-corrected chi connectivity index (χ0v) is 11.1. The smallest absolute Gasteiger partial charge is 0.254 e. The molecule has 3 rings (SSSR count). The molecule has 0 aliphatic carbocycles. The van der Waals surface area contributed by atoms with Gasteiger partial charge < -0.3 is 10.1 Å². The van der Waals surface area contributed by atoms with Gasteiger partial charge in [0.2, 0.25) is 0 Å². The first-order valence-electron chi connectivity index (χ1n) is 6.76. The SMILES string of the molecule is O=C(c1cccc2ccccc12)N1CCC(=NO)CC1. The zero-order valence-electron chi connectivity index (χ0n) is 11.1. The van der Waals surface area contributed by atoms with Crippen molar-refractivity contribution in [2.75, 3.05) is 13.1 Å². The molecule has 0 radical (unpaired) electrons. The Labute approximate surface area is 117 Å². The number of oxime groups is 1. The number of hydrogen-bond donors (Lipinski definition) is 1. The van der Waals surface area contributed by atoms with Crippen LogP contribution in [-0.4, -0.2) is 34.8 Å². The predicted molar refractivity (Wildman–Crippen MR) is 78.3 cm³/mol. The third-order valence-electron chi connectivity index (χ3n) is 3.79. The molecule has 1 amide bonds. The molecule has 1 aliphatic heterocycles. The number of piperidine rings is 1. The topological polar surface area (TPSA) is 52.9 Å². The van der Waals surface area contributed by atoms with E-state index in [4.69, 9.17) is 5.21 Å². The van der Waals surface area contributed by atoms with Gasteiger partial charge in [0.15, 0.2) is 0 Å². The van der Waals surface area contributed by atoms with Crippen molar-refractivity contribution >= 4 is 22.4 Å². The van der Waals surface area contributed by atoms with E-state index in [2.05, 4.69) is 5.16 Å². The molecule has 0 spiro atoms. The Morgan fingerprint density at radius 3 is 2.50 bits per heavy atom. The Morgan fingerprint density at radius 2 is 1.75 bits per heavy atom. The molecule has 0 atom stereocenters. The maximum atomic E-state index is 12.6. The second-order valence-corrected chi connectivity index (χ2v) is 4.99. The number of likely N-dealkylation sites (tertiary alicyclic amines) is 1. The van der Waals surface area contributed by atoms with E-state index < -0.39 is 0 Å². The molecule has 4 nitrogen and oxygen atoms in total. The van der Waals surface area contributed by atoms with Crippen LogP contribution in [0.15, 0.2) is 47.6 Å². The highest BCUT2D eigenvalue weighted by molar-refractivity contribution is 6.07. The first-order chi connectivity index (χ1) is 9.79. The lowest BCUT2D eigenvalue weighted by atomic mass is 10.0. The highest BCUT2D eigenvalue weighted by Gasteiger charge is 2.22. The molecule has 102 valence electrons. The van der Waals surface area contributed by atoms with Crippen molar-refractivity contribution in [3.05, 3.63) is 48.0 Å². The van der Waals surface area contributed by atoms with Gasteiger partial charge in [0.1, 0.15) is 0 Å². The second kappa shape index (κ2) is 5.33. The summed E-state index contributed by atoms with van der Waals surface area (Å²) in [7, 11) is 0. The van der Waals surface area contributed by atoms with Crippen molar-refractivity contribution in [1.82, 2.24) is 4.90 Å². The van der Waals surface area contributed by atoms with Crippen LogP contribution in [0.1, 0.15) is 23.2 Å². The number of carbonyl (C=O) groups is 1. The van der Waals surface area contributed by atoms with Gasteiger partial charge in [0, 0.05) is 31.5 Å². The van der Waals surface area contributed by atoms with E-state index >= 15 is 0 Å². The van der Waals surface area contributed by atoms with E-state index in [1.54, 1.807) is 0 Å². The highest BCUT2D eigenvalue weighted by atomic mass is 16.4. The summed E-state index contributed by atoms with van der Waals surface area (Å²) in [4.78, 5) is 14.5. The standard InChI is InChI=1S/C16H16N2O2/c19-16(18-10-8-13(17-20)9-11-18)15-7-3-5-12-4-1-2-6-14(12)15/h1-7,20H,8-11H2. The Balaban J connectivity index is 1.90. The average Bonchev–Trinajstić information content (AvgIpc) is 2.54. The monoisotopic (exact) mass is 268 g/mol. The largest absolute Gasteiger partial charge is 0.411 e. The van der Waals surface area contributed by atoms with Crippen molar-refractivity contribution in [2.45, 2.75) is 12.8 Å². The van der Waals surface area contributed by atoms with Crippen LogP contribution in [0.3, 0.4) is 0 Å². The molecule has 4 heteroatoms. The van der Waals surface area contributed by atoms with E-state index in [1.165, 1.54) is 0 Å². The fourth-order valence-corrected chi connectivity index (χ4v) is 2.65. The lowest BCUT2D eigenvalue weighted by Gasteiger charge is -2.27. The van der Waals surface area contributed by atoms with Gasteiger partial charge in [-0.1, -0.05) is 41.6 Å². The normalized spacial score (nSPS) is 15.4.